The van der Waals surface area contributed by atoms with E-state index in [1.54, 1.807) is 0 Å². The lowest BCUT2D eigenvalue weighted by Crippen LogP contribution is -2.46. The lowest BCUT2D eigenvalue weighted by molar-refractivity contribution is -0.119. The van der Waals surface area contributed by atoms with E-state index in [0.29, 0.717) is 0 Å². The van der Waals surface area contributed by atoms with Crippen molar-refractivity contribution in [2.75, 3.05) is 6.61 Å². The van der Waals surface area contributed by atoms with Crippen molar-refractivity contribution in [3.05, 3.63) is 46.1 Å². The number of hydrogen-bond donors (Lipinski definition) is 2. The number of amides is 1. The maximum atomic E-state index is 12.3. The summed E-state index contributed by atoms with van der Waals surface area (Å²) in [5.41, 5.74) is 5.61. The normalized spacial score (nSPS) is 21.4. The van der Waals surface area contributed by atoms with Gasteiger partial charge in [0.15, 0.2) is 0 Å². The minimum atomic E-state index is -0.234. The van der Waals surface area contributed by atoms with E-state index in [2.05, 4.69) is 11.4 Å². The summed E-state index contributed by atoms with van der Waals surface area (Å²) in [4.78, 5) is 12.3. The summed E-state index contributed by atoms with van der Waals surface area (Å²) in [5.74, 6) is -0.0889. The predicted molar refractivity (Wildman–Crippen MR) is 74.4 cm³/mol. The average Bonchev–Trinajstić information content (AvgIpc) is 2.82. The van der Waals surface area contributed by atoms with E-state index in [-0.39, 0.29) is 24.0 Å². The Labute approximate surface area is 113 Å². The van der Waals surface area contributed by atoms with E-state index in [1.165, 1.54) is 16.7 Å². The van der Waals surface area contributed by atoms with Crippen LogP contribution in [0.3, 0.4) is 0 Å². The molecule has 100 valence electrons. The fourth-order valence-electron chi connectivity index (χ4n) is 2.61. The molecule has 1 saturated carbocycles. The van der Waals surface area contributed by atoms with Gasteiger partial charge in [-0.05, 0) is 46.3 Å². The molecule has 0 bridgehead atoms. The van der Waals surface area contributed by atoms with Gasteiger partial charge in [0, 0.05) is 5.57 Å². The zero-order chi connectivity index (χ0) is 13.8. The van der Waals surface area contributed by atoms with Gasteiger partial charge in [0.05, 0.1) is 12.6 Å². The van der Waals surface area contributed by atoms with Crippen LogP contribution in [-0.2, 0) is 4.79 Å². The minimum Gasteiger partial charge on any atom is -0.394 e. The van der Waals surface area contributed by atoms with Crippen molar-refractivity contribution in [3.63, 3.8) is 0 Å². The third-order valence-corrected chi connectivity index (χ3v) is 4.05. The highest BCUT2D eigenvalue weighted by Gasteiger charge is 2.36. The summed E-state index contributed by atoms with van der Waals surface area (Å²) in [6.45, 7) is 5.99. The highest BCUT2D eigenvalue weighted by molar-refractivity contribution is 6.02. The van der Waals surface area contributed by atoms with Gasteiger partial charge in [-0.2, -0.15) is 0 Å². The zero-order valence-corrected chi connectivity index (χ0v) is 11.6. The number of aliphatic hydroxyl groups is 1. The van der Waals surface area contributed by atoms with E-state index in [9.17, 15) is 9.90 Å². The van der Waals surface area contributed by atoms with E-state index in [1.807, 2.05) is 32.9 Å². The minimum absolute atomic E-state index is 0.0450. The molecule has 1 fully saturated rings. The molecular formula is C16H19NO2. The van der Waals surface area contributed by atoms with E-state index < -0.39 is 0 Å². The lowest BCUT2D eigenvalue weighted by Gasteiger charge is -2.30. The van der Waals surface area contributed by atoms with Crippen LogP contribution >= 0.6 is 0 Å². The van der Waals surface area contributed by atoms with Crippen molar-refractivity contribution < 1.29 is 9.90 Å². The van der Waals surface area contributed by atoms with Crippen LogP contribution in [0, 0.1) is 5.41 Å². The second-order valence-electron chi connectivity index (χ2n) is 6.47. The molecule has 0 radical (unpaired) electrons. The molecular weight excluding hydrogens is 238 g/mol. The highest BCUT2D eigenvalue weighted by Crippen LogP contribution is 2.51. The van der Waals surface area contributed by atoms with E-state index in [4.69, 9.17) is 0 Å². The Morgan fingerprint density at radius 1 is 1.37 bits per heavy atom. The van der Waals surface area contributed by atoms with Crippen molar-refractivity contribution in [3.8, 4) is 0 Å². The van der Waals surface area contributed by atoms with Crippen LogP contribution in [0.1, 0.15) is 27.2 Å². The van der Waals surface area contributed by atoms with Crippen molar-refractivity contribution in [1.29, 1.82) is 0 Å². The number of allylic oxidation sites excluding steroid dienone is 6. The smallest absolute Gasteiger partial charge is 0.252 e. The SMILES string of the molecule is CC(C)(C)[C@H](CO)NC(=O)C1=C2C=C3CC3=C2C=C1. The summed E-state index contributed by atoms with van der Waals surface area (Å²) in [7, 11) is 0. The summed E-state index contributed by atoms with van der Waals surface area (Å²) in [5, 5.41) is 12.4. The lowest BCUT2D eigenvalue weighted by atomic mass is 9.87. The fraction of sp³-hybridized carbons (Fsp3) is 0.438. The molecule has 0 aromatic rings. The third kappa shape index (κ3) is 1.98. The molecule has 1 atom stereocenters. The number of carbonyl (C=O) groups excluding carboxylic acids is 1. The molecule has 19 heavy (non-hydrogen) atoms. The first-order valence-corrected chi connectivity index (χ1v) is 6.70. The van der Waals surface area contributed by atoms with Crippen LogP contribution in [0.2, 0.25) is 0 Å². The quantitative estimate of drug-likeness (QED) is 0.812. The first-order valence-electron chi connectivity index (χ1n) is 6.70. The van der Waals surface area contributed by atoms with Crippen LogP contribution in [-0.4, -0.2) is 23.7 Å². The van der Waals surface area contributed by atoms with Gasteiger partial charge >= 0.3 is 0 Å². The molecule has 3 aliphatic rings. The van der Waals surface area contributed by atoms with Crippen molar-refractivity contribution in [2.24, 2.45) is 5.41 Å². The molecule has 0 spiro atoms. The standard InChI is InChI=1S/C16H19NO2/c1-16(2,3)14(8-18)17-15(19)11-5-4-10-12-6-9(12)7-13(10)11/h4-5,7,14,18H,6,8H2,1-3H3,(H,17,19)/t14-/m0/s1. The van der Waals surface area contributed by atoms with Crippen LogP contribution in [0.5, 0.6) is 0 Å². The predicted octanol–water partition coefficient (Wildman–Crippen LogP) is 2.02. The second-order valence-corrected chi connectivity index (χ2v) is 6.47. The third-order valence-electron chi connectivity index (χ3n) is 4.05. The van der Waals surface area contributed by atoms with Crippen molar-refractivity contribution >= 4 is 5.91 Å². The number of hydrogen-bond acceptors (Lipinski definition) is 2. The van der Waals surface area contributed by atoms with Crippen LogP contribution in [0.15, 0.2) is 46.1 Å². The molecule has 0 aromatic carbocycles. The Bertz CT molecular complexity index is 582. The van der Waals surface area contributed by atoms with Gasteiger partial charge in [-0.1, -0.05) is 26.8 Å². The first kappa shape index (κ1) is 12.4. The van der Waals surface area contributed by atoms with E-state index >= 15 is 0 Å². The van der Waals surface area contributed by atoms with Gasteiger partial charge in [-0.25, -0.2) is 0 Å². The van der Waals surface area contributed by atoms with Gasteiger partial charge in [-0.3, -0.25) is 4.79 Å². The molecule has 0 unspecified atom stereocenters. The van der Waals surface area contributed by atoms with Gasteiger partial charge in [0.2, 0.25) is 0 Å². The largest absolute Gasteiger partial charge is 0.394 e. The molecule has 1 amide bonds. The van der Waals surface area contributed by atoms with Crippen LogP contribution < -0.4 is 5.32 Å². The van der Waals surface area contributed by atoms with Crippen molar-refractivity contribution in [2.45, 2.75) is 33.2 Å². The highest BCUT2D eigenvalue weighted by atomic mass is 16.3. The number of nitrogens with one attached hydrogen (secondary N) is 1. The maximum Gasteiger partial charge on any atom is 0.252 e. The Balaban J connectivity index is 1.80. The zero-order valence-electron chi connectivity index (χ0n) is 11.6. The van der Waals surface area contributed by atoms with Gasteiger partial charge < -0.3 is 10.4 Å². The Morgan fingerprint density at radius 2 is 2.11 bits per heavy atom. The number of rotatable bonds is 3. The van der Waals surface area contributed by atoms with Gasteiger partial charge in [0.25, 0.3) is 5.91 Å². The molecule has 3 aliphatic carbocycles. The number of aliphatic hydroxyl groups excluding tert-OH is 1. The Kier molecular flexibility index (Phi) is 2.58. The topological polar surface area (TPSA) is 49.3 Å². The van der Waals surface area contributed by atoms with Gasteiger partial charge in [-0.15, -0.1) is 0 Å². The van der Waals surface area contributed by atoms with Crippen molar-refractivity contribution in [1.82, 2.24) is 5.32 Å². The molecule has 0 heterocycles. The molecule has 0 aromatic heterocycles. The fourth-order valence-corrected chi connectivity index (χ4v) is 2.61. The Morgan fingerprint density at radius 3 is 2.74 bits per heavy atom. The summed E-state index contributed by atoms with van der Waals surface area (Å²) in [6.07, 6.45) is 7.11. The monoisotopic (exact) mass is 257 g/mol. The molecule has 2 N–H and O–H groups in total. The Hall–Kier alpha value is -1.61. The summed E-state index contributed by atoms with van der Waals surface area (Å²) in [6, 6.07) is -0.234. The average molecular weight is 257 g/mol. The number of fused-ring (bicyclic) bond motifs is 2. The molecule has 3 heteroatoms. The molecule has 0 aliphatic heterocycles. The second kappa shape index (κ2) is 3.94. The van der Waals surface area contributed by atoms with Gasteiger partial charge in [0.1, 0.15) is 0 Å². The number of carbonyl (C=O) groups is 1. The summed E-state index contributed by atoms with van der Waals surface area (Å²) >= 11 is 0. The van der Waals surface area contributed by atoms with E-state index in [0.717, 1.165) is 17.6 Å². The van der Waals surface area contributed by atoms with Crippen LogP contribution in [0.25, 0.3) is 0 Å². The summed E-state index contributed by atoms with van der Waals surface area (Å²) < 4.78 is 0. The molecule has 0 saturated heterocycles. The maximum absolute atomic E-state index is 12.3. The first-order chi connectivity index (χ1) is 8.91. The van der Waals surface area contributed by atoms with Crippen LogP contribution in [0.4, 0.5) is 0 Å². The molecule has 3 nitrogen and oxygen atoms in total. The molecule has 3 rings (SSSR count).